The number of epoxide rings is 1. The molecule has 0 radical (unpaired) electrons. The van der Waals surface area contributed by atoms with Gasteiger partial charge in [0.25, 0.3) is 0 Å². The lowest BCUT2D eigenvalue weighted by molar-refractivity contribution is 0.0950. The molecule has 11 heavy (non-hydrogen) atoms. The molecule has 1 heterocycles. The minimum Gasteiger partial charge on any atom is -0.393 e. The molecule has 1 aliphatic rings. The molecule has 0 spiro atoms. The predicted octanol–water partition coefficient (Wildman–Crippen LogP) is -0.0154. The van der Waals surface area contributed by atoms with Crippen molar-refractivity contribution in [1.29, 1.82) is 5.26 Å². The number of nitrogens with one attached hydrogen (secondary N) is 1. The largest absolute Gasteiger partial charge is 0.393 e. The number of methoxy groups -OCH3 is 1. The number of hydrogen-bond donors (Lipinski definition) is 1. The molecule has 1 N–H and O–H groups in total. The third kappa shape index (κ3) is 1.70. The van der Waals surface area contributed by atoms with Crippen LogP contribution in [-0.2, 0) is 9.47 Å². The zero-order valence-electron chi connectivity index (χ0n) is 6.50. The first kappa shape index (κ1) is 8.05. The summed E-state index contributed by atoms with van der Waals surface area (Å²) in [5.41, 5.74) is 0.569. The van der Waals surface area contributed by atoms with Crippen molar-refractivity contribution >= 4 is 0 Å². The van der Waals surface area contributed by atoms with Gasteiger partial charge in [0, 0.05) is 20.4 Å². The quantitative estimate of drug-likeness (QED) is 0.458. The van der Waals surface area contributed by atoms with E-state index in [-0.39, 0.29) is 12.4 Å². The second-order valence-electron chi connectivity index (χ2n) is 2.16. The van der Waals surface area contributed by atoms with Crippen LogP contribution < -0.4 is 5.32 Å². The second kappa shape index (κ2) is 3.37. The van der Waals surface area contributed by atoms with Crippen molar-refractivity contribution in [1.82, 2.24) is 5.32 Å². The molecule has 0 bridgehead atoms. The van der Waals surface area contributed by atoms with Gasteiger partial charge in [-0.25, -0.2) is 0 Å². The normalized spacial score (nSPS) is 29.4. The van der Waals surface area contributed by atoms with Crippen molar-refractivity contribution < 1.29 is 9.47 Å². The van der Waals surface area contributed by atoms with Gasteiger partial charge in [-0.3, -0.25) is 0 Å². The zero-order valence-corrected chi connectivity index (χ0v) is 6.50. The lowest BCUT2D eigenvalue weighted by Gasteiger charge is -1.90. The molecule has 0 aromatic carbocycles. The summed E-state index contributed by atoms with van der Waals surface area (Å²) in [5, 5.41) is 11.4. The Bertz CT molecular complexity index is 207. The molecule has 60 valence electrons. The Labute approximate surface area is 65.4 Å². The van der Waals surface area contributed by atoms with E-state index in [0.717, 1.165) is 0 Å². The Morgan fingerprint density at radius 1 is 1.82 bits per heavy atom. The van der Waals surface area contributed by atoms with E-state index in [2.05, 4.69) is 5.32 Å². The van der Waals surface area contributed by atoms with Crippen LogP contribution >= 0.6 is 0 Å². The van der Waals surface area contributed by atoms with E-state index in [1.165, 1.54) is 0 Å². The minimum atomic E-state index is -0.228. The van der Waals surface area contributed by atoms with Gasteiger partial charge in [-0.15, -0.1) is 0 Å². The number of rotatable bonds is 3. The summed E-state index contributed by atoms with van der Waals surface area (Å²) < 4.78 is 9.88. The highest BCUT2D eigenvalue weighted by atomic mass is 16.8. The van der Waals surface area contributed by atoms with Crippen LogP contribution in [0.1, 0.15) is 0 Å². The van der Waals surface area contributed by atoms with E-state index in [9.17, 15) is 0 Å². The van der Waals surface area contributed by atoms with Gasteiger partial charge in [0.2, 0.25) is 0 Å². The highest BCUT2D eigenvalue weighted by Crippen LogP contribution is 2.28. The maximum absolute atomic E-state index is 8.59. The fourth-order valence-corrected chi connectivity index (χ4v) is 0.832. The van der Waals surface area contributed by atoms with Crippen LogP contribution in [0.25, 0.3) is 0 Å². The highest BCUT2D eigenvalue weighted by Gasteiger charge is 2.42. The van der Waals surface area contributed by atoms with Crippen molar-refractivity contribution in [3.8, 4) is 6.07 Å². The molecular weight excluding hydrogens is 144 g/mol. The second-order valence-corrected chi connectivity index (χ2v) is 2.16. The van der Waals surface area contributed by atoms with Gasteiger partial charge < -0.3 is 14.8 Å². The van der Waals surface area contributed by atoms with E-state index >= 15 is 0 Å². The molecule has 4 heteroatoms. The van der Waals surface area contributed by atoms with Gasteiger partial charge in [-0.05, 0) is 0 Å². The Morgan fingerprint density at radius 3 is 2.91 bits per heavy atom. The average Bonchev–Trinajstić information content (AvgIpc) is 2.79. The molecule has 1 saturated heterocycles. The van der Waals surface area contributed by atoms with Crippen LogP contribution in [0.15, 0.2) is 11.8 Å². The van der Waals surface area contributed by atoms with Crippen LogP contribution in [0.5, 0.6) is 0 Å². The minimum absolute atomic E-state index is 0.169. The molecule has 1 rings (SSSR count). The standard InChI is InChI=1S/C7H10N2O2/c1-9-4-5(3-8)6-7(10-2)11-6/h4,6-7,9H,1-2H3/b5-4+. The Hall–Kier alpha value is -1.05. The van der Waals surface area contributed by atoms with Gasteiger partial charge in [0.15, 0.2) is 6.29 Å². The first-order valence-electron chi connectivity index (χ1n) is 3.29. The van der Waals surface area contributed by atoms with Crippen LogP contribution in [0.2, 0.25) is 0 Å². The van der Waals surface area contributed by atoms with E-state index < -0.39 is 0 Å². The summed E-state index contributed by atoms with van der Waals surface area (Å²) >= 11 is 0. The van der Waals surface area contributed by atoms with E-state index in [1.807, 2.05) is 6.07 Å². The highest BCUT2D eigenvalue weighted by molar-refractivity contribution is 5.28. The van der Waals surface area contributed by atoms with Gasteiger partial charge in [0.1, 0.15) is 6.10 Å². The lowest BCUT2D eigenvalue weighted by Crippen LogP contribution is -2.03. The Kier molecular flexibility index (Phi) is 2.47. The molecule has 0 amide bonds. The summed E-state index contributed by atoms with van der Waals surface area (Å²) in [5.74, 6) is 0. The van der Waals surface area contributed by atoms with Crippen molar-refractivity contribution in [2.24, 2.45) is 0 Å². The first-order chi connectivity index (χ1) is 5.33. The Morgan fingerprint density at radius 2 is 2.55 bits per heavy atom. The summed E-state index contributed by atoms with van der Waals surface area (Å²) in [6.07, 6.45) is 1.22. The molecule has 0 aromatic heterocycles. The summed E-state index contributed by atoms with van der Waals surface area (Å²) in [4.78, 5) is 0. The van der Waals surface area contributed by atoms with Gasteiger partial charge in [-0.1, -0.05) is 0 Å². The first-order valence-corrected chi connectivity index (χ1v) is 3.29. The third-order valence-electron chi connectivity index (χ3n) is 1.42. The van der Waals surface area contributed by atoms with Crippen LogP contribution in [0.4, 0.5) is 0 Å². The van der Waals surface area contributed by atoms with Crippen molar-refractivity contribution in [2.45, 2.75) is 12.4 Å². The topological polar surface area (TPSA) is 57.6 Å². The van der Waals surface area contributed by atoms with Gasteiger partial charge in [0.05, 0.1) is 11.6 Å². The van der Waals surface area contributed by atoms with Crippen LogP contribution in [0, 0.1) is 11.3 Å². The van der Waals surface area contributed by atoms with Crippen molar-refractivity contribution in [2.75, 3.05) is 14.2 Å². The smallest absolute Gasteiger partial charge is 0.189 e. The van der Waals surface area contributed by atoms with Crippen LogP contribution in [-0.4, -0.2) is 26.6 Å². The maximum Gasteiger partial charge on any atom is 0.189 e. The third-order valence-corrected chi connectivity index (χ3v) is 1.42. The maximum atomic E-state index is 8.59. The van der Waals surface area contributed by atoms with Gasteiger partial charge in [-0.2, -0.15) is 5.26 Å². The number of ether oxygens (including phenoxy) is 2. The van der Waals surface area contributed by atoms with E-state index in [1.54, 1.807) is 20.4 Å². The molecular formula is C7H10N2O2. The Balaban J connectivity index is 2.48. The van der Waals surface area contributed by atoms with E-state index in [0.29, 0.717) is 5.57 Å². The molecule has 2 atom stereocenters. The molecule has 0 aromatic rings. The zero-order chi connectivity index (χ0) is 8.27. The molecule has 1 fully saturated rings. The van der Waals surface area contributed by atoms with E-state index in [4.69, 9.17) is 14.7 Å². The fraction of sp³-hybridized carbons (Fsp3) is 0.571. The molecule has 1 aliphatic heterocycles. The summed E-state index contributed by atoms with van der Waals surface area (Å²) in [7, 11) is 3.29. The predicted molar refractivity (Wildman–Crippen MR) is 38.4 cm³/mol. The number of hydrogen-bond acceptors (Lipinski definition) is 4. The molecule has 0 saturated carbocycles. The molecule has 0 aliphatic carbocycles. The number of nitrogens with zero attached hydrogens (tertiary/aromatic N) is 1. The lowest BCUT2D eigenvalue weighted by atomic mass is 10.2. The molecule has 4 nitrogen and oxygen atoms in total. The van der Waals surface area contributed by atoms with Gasteiger partial charge >= 0.3 is 0 Å². The number of nitriles is 1. The van der Waals surface area contributed by atoms with Crippen molar-refractivity contribution in [3.63, 3.8) is 0 Å². The summed E-state index contributed by atoms with van der Waals surface area (Å²) in [6, 6.07) is 2.02. The fourth-order valence-electron chi connectivity index (χ4n) is 0.832. The van der Waals surface area contributed by atoms with Crippen molar-refractivity contribution in [3.05, 3.63) is 11.8 Å². The summed E-state index contributed by atoms with van der Waals surface area (Å²) in [6.45, 7) is 0. The van der Waals surface area contributed by atoms with Crippen LogP contribution in [0.3, 0.4) is 0 Å². The SMILES string of the molecule is CN/C=C(\C#N)C1OC1OC. The molecule has 2 unspecified atom stereocenters. The monoisotopic (exact) mass is 154 g/mol. The average molecular weight is 154 g/mol.